The molecular weight excluding hydrogens is 103 g/mol. The molecule has 0 aliphatic heterocycles. The van der Waals surface area contributed by atoms with E-state index >= 15 is 0 Å². The number of rotatable bonds is 0. The van der Waals surface area contributed by atoms with Gasteiger partial charge in [-0.1, -0.05) is 0 Å². The van der Waals surface area contributed by atoms with Crippen molar-refractivity contribution in [2.24, 2.45) is 0 Å². The van der Waals surface area contributed by atoms with Gasteiger partial charge in [0.2, 0.25) is 5.97 Å². The summed E-state index contributed by atoms with van der Waals surface area (Å²) >= 11 is 0. The fraction of sp³-hybridized carbons (Fsp3) is 0.250. The zero-order valence-corrected chi connectivity index (χ0v) is 6.32. The summed E-state index contributed by atoms with van der Waals surface area (Å²) in [5.41, 5.74) is 0. The molecule has 32 valence electrons. The van der Waals surface area contributed by atoms with Crippen LogP contribution in [-0.4, -0.2) is 13.1 Å². The van der Waals surface area contributed by atoms with E-state index in [1.165, 1.54) is 13.0 Å². The zero-order valence-electron chi connectivity index (χ0n) is 4.32. The van der Waals surface area contributed by atoms with Gasteiger partial charge in [-0.25, -0.2) is 5.92 Å². The summed E-state index contributed by atoms with van der Waals surface area (Å²) in [6, 6.07) is 0. The van der Waals surface area contributed by atoms with Crippen molar-refractivity contribution in [3.05, 3.63) is 6.42 Å². The van der Waals surface area contributed by atoms with E-state index in [1.807, 2.05) is 0 Å². The molecule has 0 fully saturated rings. The summed E-state index contributed by atoms with van der Waals surface area (Å²) in [6.07, 6.45) is 6.08. The second-order valence-corrected chi connectivity index (χ2v) is 0.617. The van der Waals surface area contributed by atoms with Gasteiger partial charge < -0.3 is 16.0 Å². The number of esters is 1. The predicted octanol–water partition coefficient (Wildman–Crippen LogP) is -3.25. The molecule has 0 bridgehead atoms. The van der Waals surface area contributed by atoms with Crippen LogP contribution in [0.4, 0.5) is 0 Å². The number of hydrogen-bond acceptors (Lipinski definition) is 2. The van der Waals surface area contributed by atoms with Crippen molar-refractivity contribution in [1.82, 2.24) is 0 Å². The maximum atomic E-state index is 9.66. The third-order valence-corrected chi connectivity index (χ3v) is 0.287. The molecule has 7 heavy (non-hydrogen) atoms. The fourth-order valence-electron chi connectivity index (χ4n) is 0.0510. The normalized spacial score (nSPS) is 5.14. The minimum atomic E-state index is -0.741. The molecule has 3 heteroatoms. The molecule has 0 rings (SSSR count). The van der Waals surface area contributed by atoms with Crippen LogP contribution >= 0.6 is 0 Å². The molecule has 0 aromatic rings. The van der Waals surface area contributed by atoms with Crippen LogP contribution in [0.2, 0.25) is 0 Å². The van der Waals surface area contributed by atoms with E-state index in [1.54, 1.807) is 0 Å². The molecule has 0 atom stereocenters. The molecular formula is C4H3NaO2. The van der Waals surface area contributed by atoms with E-state index in [2.05, 4.69) is 4.74 Å². The van der Waals surface area contributed by atoms with Crippen molar-refractivity contribution in [3.63, 3.8) is 0 Å². The van der Waals surface area contributed by atoms with Crippen LogP contribution in [0.15, 0.2) is 0 Å². The van der Waals surface area contributed by atoms with Gasteiger partial charge in [0.1, 0.15) is 0 Å². The molecule has 0 heterocycles. The monoisotopic (exact) mass is 106 g/mol. The van der Waals surface area contributed by atoms with Gasteiger partial charge in [0.25, 0.3) is 0 Å². The Balaban J connectivity index is 0. The molecule has 0 unspecified atom stereocenters. The molecule has 2 nitrogen and oxygen atoms in total. The maximum Gasteiger partial charge on any atom is 1.00 e. The Morgan fingerprint density at radius 2 is 2.29 bits per heavy atom. The van der Waals surface area contributed by atoms with Gasteiger partial charge in [0.15, 0.2) is 0 Å². The first-order chi connectivity index (χ1) is 2.81. The Hall–Kier alpha value is 0.0300. The molecule has 0 amide bonds. The molecule has 0 aromatic heterocycles. The first-order valence-electron chi connectivity index (χ1n) is 1.32. The van der Waals surface area contributed by atoms with Gasteiger partial charge in [0.05, 0.1) is 7.11 Å². The quantitative estimate of drug-likeness (QED) is 0.140. The molecule has 0 aliphatic rings. The standard InChI is InChI=1S/C4H3O2.Na/c1-3-4(5)6-2;/h2H3;/q-1;+1. The van der Waals surface area contributed by atoms with Gasteiger partial charge in [-0.15, -0.1) is 0 Å². The second-order valence-electron chi connectivity index (χ2n) is 0.617. The smallest absolute Gasteiger partial charge is 0.544 e. The second kappa shape index (κ2) is 6.03. The Labute approximate surface area is 64.5 Å². The van der Waals surface area contributed by atoms with Crippen molar-refractivity contribution < 1.29 is 39.1 Å². The van der Waals surface area contributed by atoms with Gasteiger partial charge in [-0.3, -0.25) is 0 Å². The minimum absolute atomic E-state index is 0. The maximum absolute atomic E-state index is 9.66. The average Bonchev–Trinajstić information content (AvgIpc) is 1.65. The third-order valence-electron chi connectivity index (χ3n) is 0.287. The van der Waals surface area contributed by atoms with Gasteiger partial charge in [0, 0.05) is 0 Å². The largest absolute Gasteiger partial charge is 1.00 e. The van der Waals surface area contributed by atoms with Gasteiger partial charge >= 0.3 is 29.6 Å². The molecule has 0 spiro atoms. The van der Waals surface area contributed by atoms with Crippen molar-refractivity contribution in [2.45, 2.75) is 0 Å². The third kappa shape index (κ3) is 6.03. The number of hydrogen-bond donors (Lipinski definition) is 0. The molecule has 0 saturated carbocycles. The molecule has 0 N–H and O–H groups in total. The van der Waals surface area contributed by atoms with Crippen molar-refractivity contribution in [2.75, 3.05) is 7.11 Å². The van der Waals surface area contributed by atoms with Gasteiger partial charge in [-0.05, 0) is 0 Å². The van der Waals surface area contributed by atoms with Crippen LogP contribution < -0.4 is 29.6 Å². The Kier molecular flexibility index (Phi) is 8.70. The van der Waals surface area contributed by atoms with Crippen molar-refractivity contribution in [1.29, 1.82) is 0 Å². The van der Waals surface area contributed by atoms with E-state index in [-0.39, 0.29) is 29.6 Å². The number of carbonyl (C=O) groups excluding carboxylic acids is 1. The predicted molar refractivity (Wildman–Crippen MR) is 19.1 cm³/mol. The number of methoxy groups -OCH3 is 1. The van der Waals surface area contributed by atoms with Crippen LogP contribution in [-0.2, 0) is 9.53 Å². The Morgan fingerprint density at radius 3 is 2.29 bits per heavy atom. The van der Waals surface area contributed by atoms with Gasteiger partial charge in [-0.2, -0.15) is 0 Å². The Morgan fingerprint density at radius 1 is 1.86 bits per heavy atom. The number of carbonyl (C=O) groups is 1. The topological polar surface area (TPSA) is 26.3 Å². The molecule has 0 saturated heterocycles. The van der Waals surface area contributed by atoms with Crippen LogP contribution in [0, 0.1) is 12.3 Å². The van der Waals surface area contributed by atoms with E-state index in [0.717, 1.165) is 0 Å². The van der Waals surface area contributed by atoms with E-state index < -0.39 is 5.97 Å². The molecule has 0 aromatic carbocycles. The van der Waals surface area contributed by atoms with E-state index in [0.29, 0.717) is 0 Å². The Bertz CT molecular complexity index is 92.4. The summed E-state index contributed by atoms with van der Waals surface area (Å²) in [5, 5.41) is 0. The van der Waals surface area contributed by atoms with Crippen molar-refractivity contribution in [3.8, 4) is 5.92 Å². The van der Waals surface area contributed by atoms with E-state index in [4.69, 9.17) is 6.42 Å². The van der Waals surface area contributed by atoms with Crippen LogP contribution in [0.5, 0.6) is 0 Å². The summed E-state index contributed by atoms with van der Waals surface area (Å²) < 4.78 is 3.96. The summed E-state index contributed by atoms with van der Waals surface area (Å²) in [7, 11) is 1.20. The SMILES string of the molecule is [C-]#CC(=O)OC.[Na+]. The van der Waals surface area contributed by atoms with Crippen LogP contribution in [0.3, 0.4) is 0 Å². The zero-order chi connectivity index (χ0) is 4.99. The first-order valence-corrected chi connectivity index (χ1v) is 1.32. The first kappa shape index (κ1) is 10.1. The fourth-order valence-corrected chi connectivity index (χ4v) is 0.0510. The minimum Gasteiger partial charge on any atom is -0.544 e. The van der Waals surface area contributed by atoms with E-state index in [9.17, 15) is 4.79 Å². The summed E-state index contributed by atoms with van der Waals surface area (Å²) in [5.74, 6) is 0.763. The molecule has 0 aliphatic carbocycles. The van der Waals surface area contributed by atoms with Crippen molar-refractivity contribution >= 4 is 5.97 Å². The van der Waals surface area contributed by atoms with Crippen LogP contribution in [0.25, 0.3) is 0 Å². The number of ether oxygens (including phenoxy) is 1. The molecule has 0 radical (unpaired) electrons. The average molecular weight is 106 g/mol. The van der Waals surface area contributed by atoms with Crippen LogP contribution in [0.1, 0.15) is 0 Å². The summed E-state index contributed by atoms with van der Waals surface area (Å²) in [4.78, 5) is 9.66. The summed E-state index contributed by atoms with van der Waals surface area (Å²) in [6.45, 7) is 0.